The van der Waals surface area contributed by atoms with Crippen molar-refractivity contribution < 1.29 is 14.3 Å². The van der Waals surface area contributed by atoms with Crippen LogP contribution in [0.4, 0.5) is 0 Å². The van der Waals surface area contributed by atoms with Crippen molar-refractivity contribution >= 4 is 17.4 Å². The highest BCUT2D eigenvalue weighted by Gasteiger charge is 2.35. The number of carbonyl (C=O) groups is 1. The average molecular weight is 504 g/mol. The van der Waals surface area contributed by atoms with Gasteiger partial charge in [-0.1, -0.05) is 25.4 Å². The maximum absolute atomic E-state index is 14.1. The third-order valence-corrected chi connectivity index (χ3v) is 6.75. The highest BCUT2D eigenvalue weighted by atomic mass is 35.5. The lowest BCUT2D eigenvalue weighted by Crippen LogP contribution is -2.35. The van der Waals surface area contributed by atoms with Crippen molar-refractivity contribution in [1.82, 2.24) is 14.1 Å². The number of nitrogens with zero attached hydrogens (tertiary/aromatic N) is 3. The van der Waals surface area contributed by atoms with Gasteiger partial charge in [-0.15, -0.1) is 0 Å². The molecule has 0 aliphatic heterocycles. The van der Waals surface area contributed by atoms with Crippen molar-refractivity contribution in [2.75, 3.05) is 14.2 Å². The number of benzene rings is 2. The number of ether oxygens (including phenoxy) is 2. The summed E-state index contributed by atoms with van der Waals surface area (Å²) >= 11 is 6.02. The molecule has 0 fully saturated rings. The summed E-state index contributed by atoms with van der Waals surface area (Å²) in [5, 5.41) is 0.630. The number of fused-ring (bicyclic) bond motifs is 1. The van der Waals surface area contributed by atoms with Gasteiger partial charge in [0.05, 0.1) is 37.5 Å². The molecule has 0 unspecified atom stereocenters. The van der Waals surface area contributed by atoms with Crippen molar-refractivity contribution in [3.8, 4) is 34.1 Å². The Morgan fingerprint density at radius 3 is 2.39 bits per heavy atom. The molecule has 36 heavy (non-hydrogen) atoms. The van der Waals surface area contributed by atoms with Gasteiger partial charge in [-0.2, -0.15) is 0 Å². The third-order valence-electron chi connectivity index (χ3n) is 6.50. The van der Waals surface area contributed by atoms with E-state index in [9.17, 15) is 9.59 Å². The van der Waals surface area contributed by atoms with Gasteiger partial charge in [-0.05, 0) is 54.3 Å². The van der Waals surface area contributed by atoms with Gasteiger partial charge in [-0.25, -0.2) is 4.98 Å². The van der Waals surface area contributed by atoms with E-state index in [1.165, 1.54) is 0 Å². The maximum Gasteiger partial charge on any atom is 0.265 e. The molecule has 0 bridgehead atoms. The smallest absolute Gasteiger partial charge is 0.265 e. The largest absolute Gasteiger partial charge is 0.497 e. The number of halogens is 1. The van der Waals surface area contributed by atoms with E-state index in [4.69, 9.17) is 21.1 Å². The summed E-state index contributed by atoms with van der Waals surface area (Å²) in [6, 6.07) is 14.3. The van der Waals surface area contributed by atoms with Gasteiger partial charge in [0.1, 0.15) is 11.5 Å². The number of rotatable bonds is 5. The van der Waals surface area contributed by atoms with E-state index < -0.39 is 0 Å². The van der Waals surface area contributed by atoms with Crippen LogP contribution in [0.15, 0.2) is 65.8 Å². The second-order valence-electron chi connectivity index (χ2n) is 9.68. The number of Topliss-reactive ketones (excluding diaryl/α,β-unsaturated/α-hetero) is 1. The molecule has 5 rings (SSSR count). The molecule has 0 N–H and O–H groups in total. The van der Waals surface area contributed by atoms with Crippen molar-refractivity contribution in [2.24, 2.45) is 5.41 Å². The SMILES string of the molecule is COc1ccc(OC)c(-n2c3c(cc(-c4cn(-c5ccc(Cl)cc5)cn4)c2=O)C(=O)CC(C)(C)C3)c1. The van der Waals surface area contributed by atoms with E-state index in [0.717, 1.165) is 5.69 Å². The van der Waals surface area contributed by atoms with E-state index in [1.807, 2.05) is 30.5 Å². The van der Waals surface area contributed by atoms with Gasteiger partial charge in [0.2, 0.25) is 0 Å². The molecule has 4 aromatic rings. The number of pyridine rings is 1. The Morgan fingerprint density at radius 1 is 0.944 bits per heavy atom. The topological polar surface area (TPSA) is 75.3 Å². The Morgan fingerprint density at radius 2 is 1.69 bits per heavy atom. The van der Waals surface area contributed by atoms with Crippen LogP contribution in [-0.2, 0) is 6.42 Å². The first-order chi connectivity index (χ1) is 17.2. The Bertz CT molecular complexity index is 1530. The lowest BCUT2D eigenvalue weighted by molar-refractivity contribution is 0.0909. The van der Waals surface area contributed by atoms with Crippen LogP contribution in [0.25, 0.3) is 22.6 Å². The Labute approximate surface area is 213 Å². The first kappa shape index (κ1) is 23.9. The molecule has 2 aromatic heterocycles. The summed E-state index contributed by atoms with van der Waals surface area (Å²) in [5.41, 5.74) is 2.77. The molecular formula is C28H26ClN3O4. The van der Waals surface area contributed by atoms with Crippen LogP contribution in [0, 0.1) is 5.41 Å². The fourth-order valence-electron chi connectivity index (χ4n) is 4.74. The lowest BCUT2D eigenvalue weighted by Gasteiger charge is -2.32. The monoisotopic (exact) mass is 503 g/mol. The Hall–Kier alpha value is -3.84. The summed E-state index contributed by atoms with van der Waals surface area (Å²) in [5.74, 6) is 1.07. The second-order valence-corrected chi connectivity index (χ2v) is 10.1. The fourth-order valence-corrected chi connectivity index (χ4v) is 4.87. The van der Waals surface area contributed by atoms with Gasteiger partial charge in [0.15, 0.2) is 5.78 Å². The van der Waals surface area contributed by atoms with Crippen LogP contribution in [-0.4, -0.2) is 34.1 Å². The molecule has 0 spiro atoms. The molecule has 1 aliphatic carbocycles. The van der Waals surface area contributed by atoms with Crippen LogP contribution in [0.2, 0.25) is 5.02 Å². The summed E-state index contributed by atoms with van der Waals surface area (Å²) in [4.78, 5) is 31.9. The lowest BCUT2D eigenvalue weighted by atomic mass is 9.75. The van der Waals surface area contributed by atoms with Crippen LogP contribution in [0.1, 0.15) is 36.3 Å². The molecule has 0 atom stereocenters. The summed E-state index contributed by atoms with van der Waals surface area (Å²) < 4.78 is 14.4. The van der Waals surface area contributed by atoms with Crippen LogP contribution < -0.4 is 15.0 Å². The van der Waals surface area contributed by atoms with Crippen molar-refractivity contribution in [3.63, 3.8) is 0 Å². The first-order valence-corrected chi connectivity index (χ1v) is 11.9. The number of ketones is 1. The van der Waals surface area contributed by atoms with E-state index in [1.54, 1.807) is 67.7 Å². The van der Waals surface area contributed by atoms with E-state index in [2.05, 4.69) is 4.98 Å². The molecule has 7 nitrogen and oxygen atoms in total. The highest BCUT2D eigenvalue weighted by Crippen LogP contribution is 2.38. The molecule has 2 heterocycles. The van der Waals surface area contributed by atoms with E-state index in [-0.39, 0.29) is 16.8 Å². The van der Waals surface area contributed by atoms with Crippen LogP contribution >= 0.6 is 11.6 Å². The molecule has 184 valence electrons. The maximum atomic E-state index is 14.1. The van der Waals surface area contributed by atoms with Gasteiger partial charge in [0, 0.05) is 40.7 Å². The van der Waals surface area contributed by atoms with E-state index in [0.29, 0.717) is 57.6 Å². The number of carbonyl (C=O) groups excluding carboxylic acids is 1. The number of imidazole rings is 1. The molecule has 8 heteroatoms. The van der Waals surface area contributed by atoms with Crippen molar-refractivity contribution in [2.45, 2.75) is 26.7 Å². The zero-order chi connectivity index (χ0) is 25.6. The van der Waals surface area contributed by atoms with Gasteiger partial charge < -0.3 is 14.0 Å². The first-order valence-electron chi connectivity index (χ1n) is 11.6. The summed E-state index contributed by atoms with van der Waals surface area (Å²) in [6.07, 6.45) is 4.37. The van der Waals surface area contributed by atoms with Crippen molar-refractivity contribution in [1.29, 1.82) is 0 Å². The Balaban J connectivity index is 1.77. The molecule has 2 aromatic carbocycles. The predicted octanol–water partition coefficient (Wildman–Crippen LogP) is 5.52. The average Bonchev–Trinajstić information content (AvgIpc) is 3.33. The molecule has 0 radical (unpaired) electrons. The van der Waals surface area contributed by atoms with E-state index >= 15 is 0 Å². The van der Waals surface area contributed by atoms with Gasteiger partial charge in [-0.3, -0.25) is 14.2 Å². The summed E-state index contributed by atoms with van der Waals surface area (Å²) in [6.45, 7) is 4.07. The zero-order valence-corrected chi connectivity index (χ0v) is 21.3. The molecule has 0 saturated carbocycles. The van der Waals surface area contributed by atoms with Crippen LogP contribution in [0.3, 0.4) is 0 Å². The quantitative estimate of drug-likeness (QED) is 0.358. The predicted molar refractivity (Wildman–Crippen MR) is 139 cm³/mol. The standard InChI is InChI=1S/C28H26ClN3O4/c1-28(2)13-24-21(25(33)14-28)12-20(22-15-31(16-30-22)18-7-5-17(29)6-8-18)27(34)32(24)23-11-19(35-3)9-10-26(23)36-4/h5-12,15-16H,13-14H2,1-4H3. The Kier molecular flexibility index (Phi) is 5.96. The molecule has 0 amide bonds. The second kappa shape index (κ2) is 8.99. The normalized spacial score (nSPS) is 14.4. The molecule has 1 aliphatic rings. The minimum atomic E-state index is -0.290. The summed E-state index contributed by atoms with van der Waals surface area (Å²) in [7, 11) is 3.12. The number of methoxy groups -OCH3 is 2. The fraction of sp³-hybridized carbons (Fsp3) is 0.250. The van der Waals surface area contributed by atoms with Crippen molar-refractivity contribution in [3.05, 3.63) is 87.7 Å². The van der Waals surface area contributed by atoms with Gasteiger partial charge >= 0.3 is 0 Å². The minimum Gasteiger partial charge on any atom is -0.497 e. The molecule has 0 saturated heterocycles. The molecular weight excluding hydrogens is 478 g/mol. The van der Waals surface area contributed by atoms with Crippen LogP contribution in [0.5, 0.6) is 11.5 Å². The number of hydrogen-bond acceptors (Lipinski definition) is 5. The zero-order valence-electron chi connectivity index (χ0n) is 20.5. The minimum absolute atomic E-state index is 0.00440. The number of hydrogen-bond donors (Lipinski definition) is 0. The highest BCUT2D eigenvalue weighted by molar-refractivity contribution is 6.30. The van der Waals surface area contributed by atoms with Gasteiger partial charge in [0.25, 0.3) is 5.56 Å². The number of aromatic nitrogens is 3. The third kappa shape index (κ3) is 4.20.